The molecular weight excluding hydrogens is 594 g/mol. The van der Waals surface area contributed by atoms with Gasteiger partial charge >= 0.3 is 0 Å². The molecule has 3 heterocycles. The molecule has 10 heteroatoms. The van der Waals surface area contributed by atoms with Gasteiger partial charge in [-0.1, -0.05) is 37.3 Å². The molecule has 4 aromatic rings. The third kappa shape index (κ3) is 4.75. The Hall–Kier alpha value is -3.43. The van der Waals surface area contributed by atoms with Crippen molar-refractivity contribution in [1.29, 1.82) is 0 Å². The molecule has 1 saturated carbocycles. The largest absolute Gasteiger partial charge is 0.355 e. The molecular formula is C30H29BrClN5O3. The molecule has 1 aliphatic heterocycles. The minimum absolute atomic E-state index is 0.109. The summed E-state index contributed by atoms with van der Waals surface area (Å²) in [5.74, 6) is 0.238. The molecule has 0 unspecified atom stereocenters. The van der Waals surface area contributed by atoms with Gasteiger partial charge in [-0.25, -0.2) is 4.52 Å². The Labute approximate surface area is 245 Å². The number of fused-ring (bicyclic) bond motifs is 3. The van der Waals surface area contributed by atoms with Gasteiger partial charge in [0.05, 0.1) is 29.1 Å². The normalized spacial score (nSPS) is 15.4. The van der Waals surface area contributed by atoms with Crippen LogP contribution in [0.2, 0.25) is 5.02 Å². The number of carbonyl (C=O) groups is 2. The van der Waals surface area contributed by atoms with Crippen LogP contribution in [-0.2, 0) is 19.4 Å². The number of nitrogens with zero attached hydrogens (tertiary/aromatic N) is 4. The van der Waals surface area contributed by atoms with E-state index in [1.807, 2.05) is 10.7 Å². The number of benzene rings is 2. The molecule has 0 saturated heterocycles. The Kier molecular flexibility index (Phi) is 7.27. The van der Waals surface area contributed by atoms with Crippen LogP contribution in [0.25, 0.3) is 11.3 Å². The third-order valence-electron chi connectivity index (χ3n) is 8.12. The monoisotopic (exact) mass is 621 g/mol. The van der Waals surface area contributed by atoms with Crippen LogP contribution in [0.15, 0.2) is 57.9 Å². The molecule has 0 bridgehead atoms. The van der Waals surface area contributed by atoms with Crippen molar-refractivity contribution in [2.45, 2.75) is 45.1 Å². The van der Waals surface area contributed by atoms with Crippen LogP contribution < -0.4 is 10.9 Å². The molecule has 2 amide bonds. The summed E-state index contributed by atoms with van der Waals surface area (Å²) >= 11 is 9.64. The van der Waals surface area contributed by atoms with Gasteiger partial charge in [-0.05, 0) is 77.2 Å². The molecule has 8 nitrogen and oxygen atoms in total. The van der Waals surface area contributed by atoms with Crippen molar-refractivity contribution in [1.82, 2.24) is 24.4 Å². The Morgan fingerprint density at radius 2 is 1.82 bits per heavy atom. The second-order valence-corrected chi connectivity index (χ2v) is 11.8. The van der Waals surface area contributed by atoms with E-state index in [4.69, 9.17) is 16.7 Å². The fraction of sp³-hybridized carbons (Fsp3) is 0.333. The van der Waals surface area contributed by atoms with Crippen LogP contribution in [-0.4, -0.2) is 44.5 Å². The van der Waals surface area contributed by atoms with Crippen molar-refractivity contribution in [3.63, 3.8) is 0 Å². The van der Waals surface area contributed by atoms with Crippen LogP contribution in [0.3, 0.4) is 0 Å². The van der Waals surface area contributed by atoms with Gasteiger partial charge < -0.3 is 10.2 Å². The van der Waals surface area contributed by atoms with Crippen LogP contribution in [0.5, 0.6) is 0 Å². The maximum atomic E-state index is 14.1. The van der Waals surface area contributed by atoms with Gasteiger partial charge in [-0.2, -0.15) is 5.10 Å². The molecule has 2 aliphatic rings. The second-order valence-electron chi connectivity index (χ2n) is 10.6. The minimum Gasteiger partial charge on any atom is -0.355 e. The van der Waals surface area contributed by atoms with Gasteiger partial charge in [-0.15, -0.1) is 0 Å². The van der Waals surface area contributed by atoms with Crippen molar-refractivity contribution in [2.24, 2.45) is 5.92 Å². The van der Waals surface area contributed by atoms with E-state index in [2.05, 4.69) is 21.2 Å². The standard InChI is InChI=1S/C30H29BrClN5O3/c1-33-27(38)19-6-9-22(10-7-19)36-28-21(14-18-4-2-3-5-18)16-34-37(28)26-17-35(13-12-23(26)30(36)40)29(39)20-8-11-24(31)25(32)15-20/h6-11,15-16,18H,2-5,12-14,17H2,1H3,(H,33,38). The highest BCUT2D eigenvalue weighted by molar-refractivity contribution is 9.10. The van der Waals surface area contributed by atoms with Gasteiger partial charge in [0.15, 0.2) is 0 Å². The zero-order valence-electron chi connectivity index (χ0n) is 22.1. The van der Waals surface area contributed by atoms with Crippen LogP contribution in [0.1, 0.15) is 63.2 Å². The van der Waals surface area contributed by atoms with Crippen molar-refractivity contribution in [2.75, 3.05) is 13.6 Å². The Bertz CT molecular complexity index is 1690. The predicted octanol–water partition coefficient (Wildman–Crippen LogP) is 5.19. The minimum atomic E-state index is -0.183. The summed E-state index contributed by atoms with van der Waals surface area (Å²) in [6.45, 7) is 0.681. The van der Waals surface area contributed by atoms with E-state index in [0.29, 0.717) is 46.3 Å². The average molecular weight is 623 g/mol. The summed E-state index contributed by atoms with van der Waals surface area (Å²) in [7, 11) is 1.59. The van der Waals surface area contributed by atoms with Crippen molar-refractivity contribution >= 4 is 45.0 Å². The lowest BCUT2D eigenvalue weighted by Gasteiger charge is -2.30. The van der Waals surface area contributed by atoms with Crippen LogP contribution in [0, 0.1) is 5.92 Å². The maximum absolute atomic E-state index is 14.1. The Balaban J connectivity index is 1.46. The zero-order chi connectivity index (χ0) is 28.0. The SMILES string of the molecule is CNC(=O)c1ccc(-n2c(=O)c3c(n4ncc(CC5CCCC5)c24)CN(C(=O)c2ccc(Br)c(Cl)c2)CC3)cc1. The number of halogens is 2. The summed E-state index contributed by atoms with van der Waals surface area (Å²) < 4.78 is 4.31. The highest BCUT2D eigenvalue weighted by Gasteiger charge is 2.30. The smallest absolute Gasteiger partial charge is 0.261 e. The number of rotatable bonds is 5. The van der Waals surface area contributed by atoms with Crippen molar-refractivity contribution in [3.8, 4) is 5.69 Å². The third-order valence-corrected chi connectivity index (χ3v) is 9.35. The lowest BCUT2D eigenvalue weighted by Crippen LogP contribution is -2.41. The fourth-order valence-electron chi connectivity index (χ4n) is 6.01. The van der Waals surface area contributed by atoms with E-state index in [9.17, 15) is 14.4 Å². The summed E-state index contributed by atoms with van der Waals surface area (Å²) in [5.41, 5.74) is 4.73. The van der Waals surface area contributed by atoms with Gasteiger partial charge in [0.1, 0.15) is 5.65 Å². The molecule has 206 valence electrons. The number of nitrogens with one attached hydrogen (secondary N) is 1. The Morgan fingerprint density at radius 3 is 2.52 bits per heavy atom. The van der Waals surface area contributed by atoms with Crippen LogP contribution >= 0.6 is 27.5 Å². The van der Waals surface area contributed by atoms with Gasteiger partial charge in [-0.3, -0.25) is 19.0 Å². The number of hydrogen-bond acceptors (Lipinski definition) is 4. The molecule has 2 aromatic carbocycles. The first-order chi connectivity index (χ1) is 19.4. The van der Waals surface area contributed by atoms with Gasteiger partial charge in [0.25, 0.3) is 17.4 Å². The van der Waals surface area contributed by atoms with Crippen molar-refractivity contribution in [3.05, 3.63) is 96.5 Å². The first-order valence-corrected chi connectivity index (χ1v) is 14.7. The van der Waals surface area contributed by atoms with E-state index in [1.165, 1.54) is 25.7 Å². The molecule has 1 fully saturated rings. The lowest BCUT2D eigenvalue weighted by atomic mass is 9.99. The molecule has 40 heavy (non-hydrogen) atoms. The number of aromatic nitrogens is 3. The predicted molar refractivity (Wildman–Crippen MR) is 157 cm³/mol. The number of amides is 2. The van der Waals surface area contributed by atoms with E-state index >= 15 is 0 Å². The zero-order valence-corrected chi connectivity index (χ0v) is 24.5. The number of carbonyl (C=O) groups excluding carboxylic acids is 2. The summed E-state index contributed by atoms with van der Waals surface area (Å²) in [6, 6.07) is 12.2. The molecule has 1 aliphatic carbocycles. The van der Waals surface area contributed by atoms with Gasteiger partial charge in [0, 0.05) is 40.3 Å². The average Bonchev–Trinajstić information content (AvgIpc) is 3.65. The van der Waals surface area contributed by atoms with E-state index in [-0.39, 0.29) is 23.9 Å². The summed E-state index contributed by atoms with van der Waals surface area (Å²) in [4.78, 5) is 41.4. The first kappa shape index (κ1) is 26.8. The lowest BCUT2D eigenvalue weighted by molar-refractivity contribution is 0.0729. The molecule has 1 N–H and O–H groups in total. The summed E-state index contributed by atoms with van der Waals surface area (Å²) in [5, 5.41) is 7.89. The Morgan fingerprint density at radius 1 is 1.10 bits per heavy atom. The first-order valence-electron chi connectivity index (χ1n) is 13.6. The molecule has 2 aromatic heterocycles. The molecule has 6 rings (SSSR count). The highest BCUT2D eigenvalue weighted by atomic mass is 79.9. The number of hydrogen-bond donors (Lipinski definition) is 1. The van der Waals surface area contributed by atoms with Crippen LogP contribution in [0.4, 0.5) is 0 Å². The topological polar surface area (TPSA) is 88.7 Å². The molecule has 0 spiro atoms. The van der Waals surface area contributed by atoms with E-state index in [0.717, 1.165) is 27.8 Å². The molecule has 0 atom stereocenters. The van der Waals surface area contributed by atoms with E-state index < -0.39 is 0 Å². The quantitative estimate of drug-likeness (QED) is 0.332. The summed E-state index contributed by atoms with van der Waals surface area (Å²) in [6.07, 6.45) is 7.93. The van der Waals surface area contributed by atoms with Crippen molar-refractivity contribution < 1.29 is 9.59 Å². The van der Waals surface area contributed by atoms with E-state index in [1.54, 1.807) is 59.0 Å². The molecule has 0 radical (unpaired) electrons. The highest BCUT2D eigenvalue weighted by Crippen LogP contribution is 2.31. The van der Waals surface area contributed by atoms with Gasteiger partial charge in [0.2, 0.25) is 0 Å². The maximum Gasteiger partial charge on any atom is 0.261 e. The second kappa shape index (κ2) is 10.9. The fourth-order valence-corrected chi connectivity index (χ4v) is 6.44.